The summed E-state index contributed by atoms with van der Waals surface area (Å²) >= 11 is 0. The number of phenolic OH excluding ortho intramolecular Hbond substituents is 1. The SMILES string of the molecule is COc1cccc(O)c1[C@H](N)B1OC(C)(C)C(C)(C)O1. The van der Waals surface area contributed by atoms with Crippen LogP contribution in [0.3, 0.4) is 0 Å². The number of hydrogen-bond donors (Lipinski definition) is 2. The third-order valence-corrected chi connectivity index (χ3v) is 4.16. The first-order valence-electron chi connectivity index (χ1n) is 6.66. The Balaban J connectivity index is 2.32. The third kappa shape index (κ3) is 2.39. The van der Waals surface area contributed by atoms with Crippen LogP contribution in [0.1, 0.15) is 39.2 Å². The average molecular weight is 279 g/mol. The van der Waals surface area contributed by atoms with Crippen molar-refractivity contribution in [3.63, 3.8) is 0 Å². The van der Waals surface area contributed by atoms with Crippen molar-refractivity contribution in [2.45, 2.75) is 44.8 Å². The van der Waals surface area contributed by atoms with Crippen LogP contribution in [-0.4, -0.2) is 30.5 Å². The first kappa shape index (κ1) is 15.2. The highest BCUT2D eigenvalue weighted by Gasteiger charge is 2.54. The van der Waals surface area contributed by atoms with Gasteiger partial charge >= 0.3 is 7.12 Å². The van der Waals surface area contributed by atoms with Crippen molar-refractivity contribution in [1.29, 1.82) is 0 Å². The molecule has 1 atom stereocenters. The number of nitrogens with two attached hydrogens (primary N) is 1. The standard InChI is InChI=1S/C14H22BNO4/c1-13(2)14(3,4)20-15(19-13)12(16)11-9(17)7-6-8-10(11)18-5/h6-8,12,17H,16H2,1-5H3/t12-/m0/s1. The molecule has 20 heavy (non-hydrogen) atoms. The van der Waals surface area contributed by atoms with E-state index in [4.69, 9.17) is 19.8 Å². The molecule has 0 saturated carbocycles. The van der Waals surface area contributed by atoms with Crippen molar-refractivity contribution >= 4 is 7.12 Å². The van der Waals surface area contributed by atoms with Crippen LogP contribution in [0.4, 0.5) is 0 Å². The van der Waals surface area contributed by atoms with Crippen LogP contribution in [0, 0.1) is 0 Å². The molecule has 0 aliphatic carbocycles. The number of rotatable bonds is 3. The zero-order valence-corrected chi connectivity index (χ0v) is 12.6. The normalized spacial score (nSPS) is 21.8. The quantitative estimate of drug-likeness (QED) is 0.828. The number of ether oxygens (including phenoxy) is 1. The molecule has 5 nitrogen and oxygen atoms in total. The summed E-state index contributed by atoms with van der Waals surface area (Å²) in [6.07, 6.45) is 0. The van der Waals surface area contributed by atoms with Crippen molar-refractivity contribution < 1.29 is 19.2 Å². The summed E-state index contributed by atoms with van der Waals surface area (Å²) in [7, 11) is 0.900. The molecule has 3 N–H and O–H groups in total. The Labute approximate surface area is 120 Å². The summed E-state index contributed by atoms with van der Waals surface area (Å²) in [5, 5.41) is 10.0. The lowest BCUT2D eigenvalue weighted by Crippen LogP contribution is -2.41. The van der Waals surface area contributed by atoms with Crippen molar-refractivity contribution in [3.8, 4) is 11.5 Å². The molecule has 0 unspecified atom stereocenters. The minimum atomic E-state index is -0.637. The fourth-order valence-electron chi connectivity index (χ4n) is 2.22. The van der Waals surface area contributed by atoms with Gasteiger partial charge in [-0.15, -0.1) is 0 Å². The van der Waals surface area contributed by atoms with Gasteiger partial charge in [0.05, 0.1) is 29.8 Å². The summed E-state index contributed by atoms with van der Waals surface area (Å²) in [5.74, 6) is -0.0361. The van der Waals surface area contributed by atoms with Crippen LogP contribution in [-0.2, 0) is 9.31 Å². The maximum absolute atomic E-state index is 10.0. The Morgan fingerprint density at radius 2 is 1.75 bits per heavy atom. The van der Waals surface area contributed by atoms with Crippen LogP contribution >= 0.6 is 0 Å². The predicted octanol–water partition coefficient (Wildman–Crippen LogP) is 2.03. The fourth-order valence-corrected chi connectivity index (χ4v) is 2.22. The minimum Gasteiger partial charge on any atom is -0.507 e. The van der Waals surface area contributed by atoms with Gasteiger partial charge in [0.2, 0.25) is 0 Å². The molecule has 0 radical (unpaired) electrons. The summed E-state index contributed by atoms with van der Waals surface area (Å²) < 4.78 is 17.1. The van der Waals surface area contributed by atoms with Gasteiger partial charge in [0.1, 0.15) is 11.5 Å². The first-order chi connectivity index (χ1) is 9.19. The Morgan fingerprint density at radius 1 is 1.20 bits per heavy atom. The minimum absolute atomic E-state index is 0.0755. The zero-order chi connectivity index (χ0) is 15.1. The second-order valence-corrected chi connectivity index (χ2v) is 6.04. The van der Waals surface area contributed by atoms with Crippen molar-refractivity contribution in [2.24, 2.45) is 5.73 Å². The van der Waals surface area contributed by atoms with Gasteiger partial charge in [-0.05, 0) is 39.8 Å². The number of phenols is 1. The molecule has 1 fully saturated rings. The van der Waals surface area contributed by atoms with Crippen molar-refractivity contribution in [2.75, 3.05) is 7.11 Å². The number of methoxy groups -OCH3 is 1. The number of benzene rings is 1. The van der Waals surface area contributed by atoms with Gasteiger partial charge in [-0.3, -0.25) is 0 Å². The lowest BCUT2D eigenvalue weighted by Gasteiger charge is -2.32. The van der Waals surface area contributed by atoms with Gasteiger partial charge in [-0.1, -0.05) is 6.07 Å². The van der Waals surface area contributed by atoms with Crippen LogP contribution in [0.15, 0.2) is 18.2 Å². The van der Waals surface area contributed by atoms with E-state index in [-0.39, 0.29) is 5.75 Å². The Kier molecular flexibility index (Phi) is 3.75. The molecule has 0 aromatic heterocycles. The lowest BCUT2D eigenvalue weighted by atomic mass is 9.74. The van der Waals surface area contributed by atoms with Gasteiger partial charge in [0, 0.05) is 0 Å². The molecule has 110 valence electrons. The maximum Gasteiger partial charge on any atom is 0.480 e. The van der Waals surface area contributed by atoms with Gasteiger partial charge in [-0.25, -0.2) is 0 Å². The Bertz CT molecular complexity index is 488. The fraction of sp³-hybridized carbons (Fsp3) is 0.571. The summed E-state index contributed by atoms with van der Waals surface area (Å²) in [6, 6.07) is 5.03. The van der Waals surface area contributed by atoms with Crippen LogP contribution in [0.5, 0.6) is 11.5 Å². The van der Waals surface area contributed by atoms with Gasteiger partial charge in [-0.2, -0.15) is 0 Å². The molecule has 1 aliphatic rings. The van der Waals surface area contributed by atoms with E-state index in [1.165, 1.54) is 7.11 Å². The molecule has 1 heterocycles. The molecule has 1 aromatic rings. The van der Waals surface area contributed by atoms with Crippen LogP contribution in [0.25, 0.3) is 0 Å². The summed E-state index contributed by atoms with van der Waals surface area (Å²) in [5.41, 5.74) is 5.79. The second kappa shape index (κ2) is 4.95. The zero-order valence-electron chi connectivity index (χ0n) is 12.6. The highest BCUT2D eigenvalue weighted by atomic mass is 16.7. The monoisotopic (exact) mass is 279 g/mol. The maximum atomic E-state index is 10.0. The van der Waals surface area contributed by atoms with E-state index in [0.717, 1.165) is 0 Å². The van der Waals surface area contributed by atoms with E-state index in [9.17, 15) is 5.11 Å². The van der Waals surface area contributed by atoms with Gasteiger partial charge in [0.15, 0.2) is 0 Å². The number of hydrogen-bond acceptors (Lipinski definition) is 5. The molecule has 2 rings (SSSR count). The summed E-state index contributed by atoms with van der Waals surface area (Å²) in [6.45, 7) is 7.84. The smallest absolute Gasteiger partial charge is 0.480 e. The van der Waals surface area contributed by atoms with Gasteiger partial charge < -0.3 is 24.9 Å². The van der Waals surface area contributed by atoms with E-state index in [1.54, 1.807) is 18.2 Å². The van der Waals surface area contributed by atoms with E-state index in [1.807, 2.05) is 27.7 Å². The van der Waals surface area contributed by atoms with Crippen LogP contribution < -0.4 is 10.5 Å². The topological polar surface area (TPSA) is 73.9 Å². The third-order valence-electron chi connectivity index (χ3n) is 4.16. The molecule has 1 saturated heterocycles. The molecular formula is C14H22BNO4. The Hall–Kier alpha value is -1.24. The van der Waals surface area contributed by atoms with E-state index in [0.29, 0.717) is 11.3 Å². The molecule has 1 aromatic carbocycles. The van der Waals surface area contributed by atoms with Gasteiger partial charge in [0.25, 0.3) is 0 Å². The molecule has 1 aliphatic heterocycles. The van der Waals surface area contributed by atoms with Crippen LogP contribution in [0.2, 0.25) is 0 Å². The van der Waals surface area contributed by atoms with E-state index >= 15 is 0 Å². The summed E-state index contributed by atoms with van der Waals surface area (Å²) in [4.78, 5) is 0. The molecule has 0 bridgehead atoms. The van der Waals surface area contributed by atoms with Crippen molar-refractivity contribution in [3.05, 3.63) is 23.8 Å². The Morgan fingerprint density at radius 3 is 2.25 bits per heavy atom. The highest BCUT2D eigenvalue weighted by molar-refractivity contribution is 6.47. The molecular weight excluding hydrogens is 257 g/mol. The molecule has 0 spiro atoms. The van der Waals surface area contributed by atoms with E-state index in [2.05, 4.69) is 0 Å². The molecule has 0 amide bonds. The largest absolute Gasteiger partial charge is 0.507 e. The molecule has 6 heteroatoms. The highest BCUT2D eigenvalue weighted by Crippen LogP contribution is 2.42. The predicted molar refractivity (Wildman–Crippen MR) is 77.7 cm³/mol. The van der Waals surface area contributed by atoms with Crippen molar-refractivity contribution in [1.82, 2.24) is 0 Å². The average Bonchev–Trinajstić information content (AvgIpc) is 2.57. The van der Waals surface area contributed by atoms with E-state index < -0.39 is 24.3 Å². The second-order valence-electron chi connectivity index (χ2n) is 6.04. The number of aromatic hydroxyl groups is 1. The lowest BCUT2D eigenvalue weighted by molar-refractivity contribution is 0.00578. The first-order valence-corrected chi connectivity index (χ1v) is 6.66.